The number of hydrogen-bond acceptors (Lipinski definition) is 4. The van der Waals surface area contributed by atoms with E-state index < -0.39 is 0 Å². The van der Waals surface area contributed by atoms with Crippen LogP contribution in [-0.4, -0.2) is 26.2 Å². The maximum atomic E-state index is 12.9. The molecule has 0 spiro atoms. The van der Waals surface area contributed by atoms with Gasteiger partial charge >= 0.3 is 0 Å². The molecule has 1 heterocycles. The number of nitrogens with zero attached hydrogens (tertiary/aromatic N) is 2. The summed E-state index contributed by atoms with van der Waals surface area (Å²) in [6.07, 6.45) is 2.82. The molecule has 4 nitrogen and oxygen atoms in total. The molecule has 1 aliphatic rings. The van der Waals surface area contributed by atoms with Crippen LogP contribution in [0.4, 0.5) is 0 Å². The summed E-state index contributed by atoms with van der Waals surface area (Å²) in [6, 6.07) is 16.1. The van der Waals surface area contributed by atoms with Crippen molar-refractivity contribution in [3.8, 4) is 11.4 Å². The highest BCUT2D eigenvalue weighted by Crippen LogP contribution is 2.31. The summed E-state index contributed by atoms with van der Waals surface area (Å²) in [5.41, 5.74) is 4.22. The number of aromatic nitrogens is 3. The quantitative estimate of drug-likeness (QED) is 0.709. The number of ketones is 1. The maximum Gasteiger partial charge on any atom is 0.209 e. The lowest BCUT2D eigenvalue weighted by atomic mass is 10.0. The fourth-order valence-electron chi connectivity index (χ4n) is 3.14. The van der Waals surface area contributed by atoms with Gasteiger partial charge in [-0.05, 0) is 31.7 Å². The van der Waals surface area contributed by atoms with Crippen LogP contribution in [0.1, 0.15) is 34.3 Å². The fraction of sp³-hybridized carbons (Fsp3) is 0.250. The number of carbonyl (C=O) groups is 1. The molecule has 0 saturated carbocycles. The highest BCUT2D eigenvalue weighted by atomic mass is 32.2. The number of H-pyrrole nitrogens is 1. The Bertz CT molecular complexity index is 901. The van der Waals surface area contributed by atoms with Crippen molar-refractivity contribution in [1.29, 1.82) is 0 Å². The van der Waals surface area contributed by atoms with E-state index in [-0.39, 0.29) is 11.0 Å². The lowest BCUT2D eigenvalue weighted by Crippen LogP contribution is -2.16. The van der Waals surface area contributed by atoms with Crippen LogP contribution in [0.25, 0.3) is 11.4 Å². The third-order valence-electron chi connectivity index (χ3n) is 4.53. The Morgan fingerprint density at radius 2 is 1.92 bits per heavy atom. The average molecular weight is 349 g/mol. The zero-order valence-corrected chi connectivity index (χ0v) is 14.8. The van der Waals surface area contributed by atoms with Crippen LogP contribution in [0, 0.1) is 6.92 Å². The first-order valence-electron chi connectivity index (χ1n) is 8.49. The van der Waals surface area contributed by atoms with Crippen LogP contribution in [0.3, 0.4) is 0 Å². The second kappa shape index (κ2) is 6.84. The number of carbonyl (C=O) groups excluding carboxylic acids is 1. The van der Waals surface area contributed by atoms with Gasteiger partial charge in [-0.1, -0.05) is 65.9 Å². The maximum absolute atomic E-state index is 12.9. The number of fused-ring (bicyclic) bond motifs is 1. The molecule has 0 amide bonds. The monoisotopic (exact) mass is 349 g/mol. The van der Waals surface area contributed by atoms with Gasteiger partial charge in [-0.25, -0.2) is 4.98 Å². The molecule has 4 rings (SSSR count). The number of Topliss-reactive ketones (excluding diaryl/α,β-unsaturated/α-hetero) is 1. The van der Waals surface area contributed by atoms with E-state index in [9.17, 15) is 4.79 Å². The van der Waals surface area contributed by atoms with Gasteiger partial charge in [0.25, 0.3) is 0 Å². The van der Waals surface area contributed by atoms with Gasteiger partial charge in [-0.15, -0.1) is 5.10 Å². The Balaban J connectivity index is 1.54. The lowest BCUT2D eigenvalue weighted by molar-refractivity contribution is 0.0988. The summed E-state index contributed by atoms with van der Waals surface area (Å²) < 4.78 is 0. The Morgan fingerprint density at radius 3 is 2.76 bits per heavy atom. The molecule has 5 heteroatoms. The Morgan fingerprint density at radius 1 is 1.12 bits per heavy atom. The zero-order chi connectivity index (χ0) is 17.2. The van der Waals surface area contributed by atoms with E-state index in [1.165, 1.54) is 17.3 Å². The molecule has 1 atom stereocenters. The molecule has 1 aromatic heterocycles. The normalized spacial score (nSPS) is 17.2. The number of aryl methyl sites for hydroxylation is 2. The van der Waals surface area contributed by atoms with E-state index in [2.05, 4.69) is 40.3 Å². The van der Waals surface area contributed by atoms with Gasteiger partial charge in [0.1, 0.15) is 0 Å². The van der Waals surface area contributed by atoms with Gasteiger partial charge in [0.2, 0.25) is 5.16 Å². The van der Waals surface area contributed by atoms with E-state index in [4.69, 9.17) is 0 Å². The molecule has 0 radical (unpaired) electrons. The van der Waals surface area contributed by atoms with Crippen LogP contribution < -0.4 is 0 Å². The smallest absolute Gasteiger partial charge is 0.209 e. The molecule has 0 aliphatic heterocycles. The first kappa shape index (κ1) is 16.1. The van der Waals surface area contributed by atoms with Crippen molar-refractivity contribution < 1.29 is 4.79 Å². The molecule has 3 aromatic rings. The fourth-order valence-corrected chi connectivity index (χ4v) is 4.16. The second-order valence-corrected chi connectivity index (χ2v) is 7.52. The molecular weight excluding hydrogens is 330 g/mol. The van der Waals surface area contributed by atoms with Gasteiger partial charge in [-0.2, -0.15) is 0 Å². The van der Waals surface area contributed by atoms with Gasteiger partial charge in [0.15, 0.2) is 11.6 Å². The Labute approximate surface area is 151 Å². The Kier molecular flexibility index (Phi) is 4.40. The average Bonchev–Trinajstić information content (AvgIpc) is 3.03. The summed E-state index contributed by atoms with van der Waals surface area (Å²) >= 11 is 1.47. The first-order valence-corrected chi connectivity index (χ1v) is 9.37. The van der Waals surface area contributed by atoms with E-state index >= 15 is 0 Å². The number of thioether (sulfide) groups is 1. The number of hydrogen-bond donors (Lipinski definition) is 1. The van der Waals surface area contributed by atoms with Crippen LogP contribution in [0.15, 0.2) is 53.7 Å². The standard InChI is InChI=1S/C20H19N3OS/c1-13-9-11-15(12-10-13)19-21-20(23-22-19)25-17-8-4-6-14-5-2-3-7-16(14)18(17)24/h2-3,5,7,9-12,17H,4,6,8H2,1H3,(H,21,22,23). The summed E-state index contributed by atoms with van der Waals surface area (Å²) in [7, 11) is 0. The van der Waals surface area contributed by atoms with Crippen LogP contribution in [0.5, 0.6) is 0 Å². The first-order chi connectivity index (χ1) is 12.2. The summed E-state index contributed by atoms with van der Waals surface area (Å²) in [5.74, 6) is 0.934. The van der Waals surface area contributed by atoms with Crippen LogP contribution >= 0.6 is 11.8 Å². The van der Waals surface area contributed by atoms with Gasteiger partial charge in [0.05, 0.1) is 5.25 Å². The van der Waals surface area contributed by atoms with Crippen molar-refractivity contribution in [2.75, 3.05) is 0 Å². The molecule has 0 saturated heterocycles. The van der Waals surface area contributed by atoms with Crippen molar-refractivity contribution in [3.63, 3.8) is 0 Å². The second-order valence-electron chi connectivity index (χ2n) is 6.35. The topological polar surface area (TPSA) is 58.6 Å². The van der Waals surface area contributed by atoms with E-state index in [0.717, 1.165) is 41.8 Å². The molecule has 1 unspecified atom stereocenters. The van der Waals surface area contributed by atoms with Crippen LogP contribution in [0.2, 0.25) is 0 Å². The van der Waals surface area contributed by atoms with Crippen molar-refractivity contribution in [2.45, 2.75) is 36.6 Å². The van der Waals surface area contributed by atoms with Gasteiger partial charge < -0.3 is 0 Å². The minimum absolute atomic E-state index is 0.120. The SMILES string of the molecule is Cc1ccc(-c2nc(SC3CCCc4ccccc4C3=O)n[nH]2)cc1. The predicted octanol–water partition coefficient (Wildman–Crippen LogP) is 4.46. The third kappa shape index (κ3) is 3.37. The van der Waals surface area contributed by atoms with Crippen molar-refractivity contribution in [3.05, 3.63) is 65.2 Å². The summed E-state index contributed by atoms with van der Waals surface area (Å²) in [5, 5.41) is 7.80. The van der Waals surface area contributed by atoms with E-state index in [1.807, 2.05) is 30.3 Å². The van der Waals surface area contributed by atoms with Crippen molar-refractivity contribution in [2.24, 2.45) is 0 Å². The lowest BCUT2D eigenvalue weighted by Gasteiger charge is -2.10. The van der Waals surface area contributed by atoms with Gasteiger partial charge in [0, 0.05) is 11.1 Å². The van der Waals surface area contributed by atoms with Gasteiger partial charge in [-0.3, -0.25) is 9.89 Å². The Hall–Kier alpha value is -2.40. The van der Waals surface area contributed by atoms with E-state index in [1.54, 1.807) is 0 Å². The highest BCUT2D eigenvalue weighted by Gasteiger charge is 2.27. The molecule has 0 fully saturated rings. The molecular formula is C20H19N3OS. The number of aromatic amines is 1. The molecule has 0 bridgehead atoms. The predicted molar refractivity (Wildman–Crippen MR) is 99.9 cm³/mol. The highest BCUT2D eigenvalue weighted by molar-refractivity contribution is 8.00. The molecule has 1 N–H and O–H groups in total. The van der Waals surface area contributed by atoms with Crippen LogP contribution in [-0.2, 0) is 6.42 Å². The largest absolute Gasteiger partial charge is 0.293 e. The van der Waals surface area contributed by atoms with Crippen molar-refractivity contribution >= 4 is 17.5 Å². The molecule has 25 heavy (non-hydrogen) atoms. The minimum atomic E-state index is -0.120. The molecule has 126 valence electrons. The molecule has 2 aromatic carbocycles. The van der Waals surface area contributed by atoms with E-state index in [0.29, 0.717) is 5.16 Å². The molecule has 1 aliphatic carbocycles. The van der Waals surface area contributed by atoms with Crippen molar-refractivity contribution in [1.82, 2.24) is 15.2 Å². The third-order valence-corrected chi connectivity index (χ3v) is 5.65. The number of rotatable bonds is 3. The summed E-state index contributed by atoms with van der Waals surface area (Å²) in [4.78, 5) is 17.4. The number of nitrogens with one attached hydrogen (secondary N) is 1. The zero-order valence-electron chi connectivity index (χ0n) is 14.0. The summed E-state index contributed by atoms with van der Waals surface area (Å²) in [6.45, 7) is 2.06. The minimum Gasteiger partial charge on any atom is -0.293 e. The number of benzene rings is 2.